The van der Waals surface area contributed by atoms with E-state index in [-0.39, 0.29) is 12.3 Å². The van der Waals surface area contributed by atoms with Crippen LogP contribution in [-0.2, 0) is 9.53 Å². The fourth-order valence-corrected chi connectivity index (χ4v) is 2.65. The van der Waals surface area contributed by atoms with Gasteiger partial charge >= 0.3 is 5.97 Å². The molecule has 9 heteroatoms. The Kier molecular flexibility index (Phi) is 3.98. The van der Waals surface area contributed by atoms with E-state index in [2.05, 4.69) is 15.4 Å². The fraction of sp³-hybridized carbons (Fsp3) is 0.267. The number of esters is 1. The van der Waals surface area contributed by atoms with Crippen LogP contribution in [0.1, 0.15) is 25.5 Å². The van der Waals surface area contributed by atoms with E-state index in [0.717, 1.165) is 0 Å². The molecule has 0 spiro atoms. The van der Waals surface area contributed by atoms with Crippen LogP contribution in [-0.4, -0.2) is 32.3 Å². The number of nitro groups is 1. The van der Waals surface area contributed by atoms with Gasteiger partial charge in [-0.3, -0.25) is 10.1 Å². The highest BCUT2D eigenvalue weighted by Crippen LogP contribution is 2.35. The van der Waals surface area contributed by atoms with E-state index >= 15 is 0 Å². The average Bonchev–Trinajstić information content (AvgIpc) is 3.01. The molecule has 1 aromatic heterocycles. The second kappa shape index (κ2) is 6.11. The number of anilines is 1. The summed E-state index contributed by atoms with van der Waals surface area (Å²) in [5.74, 6) is 0.0240. The number of nitrogens with zero attached hydrogens (tertiary/aromatic N) is 4. The quantitative estimate of drug-likeness (QED) is 0.519. The van der Waals surface area contributed by atoms with E-state index in [0.29, 0.717) is 22.8 Å². The van der Waals surface area contributed by atoms with Gasteiger partial charge in [0.05, 0.1) is 17.1 Å². The van der Waals surface area contributed by atoms with E-state index in [1.54, 1.807) is 30.7 Å². The number of nitro benzene ring substituents is 1. The number of ether oxygens (including phenoxy) is 1. The van der Waals surface area contributed by atoms with Gasteiger partial charge in [0.2, 0.25) is 5.95 Å². The minimum absolute atomic E-state index is 0.0233. The van der Waals surface area contributed by atoms with E-state index in [9.17, 15) is 14.9 Å². The lowest BCUT2D eigenvalue weighted by molar-refractivity contribution is -0.384. The van der Waals surface area contributed by atoms with Crippen LogP contribution < -0.4 is 5.32 Å². The summed E-state index contributed by atoms with van der Waals surface area (Å²) in [6.07, 6.45) is 1.38. The van der Waals surface area contributed by atoms with Gasteiger partial charge < -0.3 is 10.1 Å². The third-order valence-electron chi connectivity index (χ3n) is 3.71. The van der Waals surface area contributed by atoms with Crippen molar-refractivity contribution >= 4 is 17.6 Å². The molecule has 9 nitrogen and oxygen atoms in total. The van der Waals surface area contributed by atoms with Gasteiger partial charge in [-0.1, -0.05) is 0 Å². The number of benzene rings is 1. The van der Waals surface area contributed by atoms with Crippen molar-refractivity contribution in [2.45, 2.75) is 19.9 Å². The molecule has 1 aliphatic heterocycles. The summed E-state index contributed by atoms with van der Waals surface area (Å²) in [4.78, 5) is 26.9. The molecular formula is C15H15N5O4. The first-order valence-electron chi connectivity index (χ1n) is 7.31. The Hall–Kier alpha value is -3.23. The molecule has 0 bridgehead atoms. The molecule has 1 aliphatic rings. The van der Waals surface area contributed by atoms with Gasteiger partial charge in [0.15, 0.2) is 0 Å². The fourth-order valence-electron chi connectivity index (χ4n) is 2.65. The van der Waals surface area contributed by atoms with Crippen molar-refractivity contribution in [1.82, 2.24) is 14.8 Å². The topological polar surface area (TPSA) is 112 Å². The van der Waals surface area contributed by atoms with Crippen LogP contribution in [0.3, 0.4) is 0 Å². The summed E-state index contributed by atoms with van der Waals surface area (Å²) in [5, 5.41) is 18.0. The van der Waals surface area contributed by atoms with Crippen LogP contribution in [0.2, 0.25) is 0 Å². The Bertz CT molecular complexity index is 825. The van der Waals surface area contributed by atoms with Gasteiger partial charge in [0.25, 0.3) is 5.69 Å². The lowest BCUT2D eigenvalue weighted by atomic mass is 9.95. The first-order chi connectivity index (χ1) is 11.5. The molecule has 124 valence electrons. The summed E-state index contributed by atoms with van der Waals surface area (Å²) in [6, 6.07) is 5.43. The molecule has 3 rings (SSSR count). The van der Waals surface area contributed by atoms with Gasteiger partial charge in [-0.2, -0.15) is 10.1 Å². The molecule has 1 N–H and O–H groups in total. The Balaban J connectivity index is 2.10. The Morgan fingerprint density at radius 3 is 2.75 bits per heavy atom. The lowest BCUT2D eigenvalue weighted by Crippen LogP contribution is -2.29. The molecule has 0 saturated heterocycles. The van der Waals surface area contributed by atoms with E-state index in [1.807, 2.05) is 0 Å². The zero-order valence-corrected chi connectivity index (χ0v) is 13.1. The highest BCUT2D eigenvalue weighted by Gasteiger charge is 2.34. The normalized spacial score (nSPS) is 16.3. The van der Waals surface area contributed by atoms with Crippen molar-refractivity contribution < 1.29 is 14.5 Å². The second-order valence-corrected chi connectivity index (χ2v) is 5.16. The molecule has 0 radical (unpaired) electrons. The third kappa shape index (κ3) is 2.60. The van der Waals surface area contributed by atoms with Crippen molar-refractivity contribution in [2.24, 2.45) is 0 Å². The summed E-state index contributed by atoms with van der Waals surface area (Å²) < 4.78 is 6.71. The number of allylic oxidation sites excluding steroid dienone is 1. The van der Waals surface area contributed by atoms with Crippen molar-refractivity contribution in [3.8, 4) is 0 Å². The van der Waals surface area contributed by atoms with Crippen molar-refractivity contribution in [1.29, 1.82) is 0 Å². The SMILES string of the molecule is CCOC(=O)C1=C(C)Nc2ncnn2[C@@H]1c1ccc([N+](=O)[O-])cc1. The Morgan fingerprint density at radius 1 is 1.42 bits per heavy atom. The molecular weight excluding hydrogens is 314 g/mol. The number of nitrogens with one attached hydrogen (secondary N) is 1. The van der Waals surface area contributed by atoms with Gasteiger partial charge in [-0.05, 0) is 31.5 Å². The molecule has 0 amide bonds. The number of hydrogen-bond acceptors (Lipinski definition) is 7. The number of hydrogen-bond donors (Lipinski definition) is 1. The van der Waals surface area contributed by atoms with Gasteiger partial charge in [0.1, 0.15) is 12.4 Å². The summed E-state index contributed by atoms with van der Waals surface area (Å²) in [6.45, 7) is 3.72. The number of carbonyl (C=O) groups excluding carboxylic acids is 1. The molecule has 0 aliphatic carbocycles. The largest absolute Gasteiger partial charge is 0.463 e. The first kappa shape index (κ1) is 15.7. The average molecular weight is 329 g/mol. The molecule has 0 saturated carbocycles. The summed E-state index contributed by atoms with van der Waals surface area (Å²) in [5.41, 5.74) is 1.65. The highest BCUT2D eigenvalue weighted by molar-refractivity contribution is 5.92. The molecule has 1 aromatic carbocycles. The van der Waals surface area contributed by atoms with Crippen LogP contribution in [0.15, 0.2) is 41.9 Å². The van der Waals surface area contributed by atoms with Crippen LogP contribution in [0, 0.1) is 10.1 Å². The van der Waals surface area contributed by atoms with Crippen molar-refractivity contribution in [3.63, 3.8) is 0 Å². The van der Waals surface area contributed by atoms with Crippen molar-refractivity contribution in [3.05, 3.63) is 57.5 Å². The minimum atomic E-state index is -0.566. The van der Waals surface area contributed by atoms with Crippen LogP contribution in [0.5, 0.6) is 0 Å². The number of carbonyl (C=O) groups is 1. The van der Waals surface area contributed by atoms with Crippen LogP contribution >= 0.6 is 0 Å². The zero-order chi connectivity index (χ0) is 17.3. The van der Waals surface area contributed by atoms with Gasteiger partial charge in [-0.15, -0.1) is 0 Å². The predicted octanol–water partition coefficient (Wildman–Crippen LogP) is 2.04. The number of fused-ring (bicyclic) bond motifs is 1. The smallest absolute Gasteiger partial charge is 0.338 e. The van der Waals surface area contributed by atoms with Crippen molar-refractivity contribution in [2.75, 3.05) is 11.9 Å². The zero-order valence-electron chi connectivity index (χ0n) is 13.1. The number of non-ortho nitro benzene ring substituents is 1. The lowest BCUT2D eigenvalue weighted by Gasteiger charge is -2.28. The minimum Gasteiger partial charge on any atom is -0.463 e. The molecule has 2 heterocycles. The van der Waals surface area contributed by atoms with Crippen LogP contribution in [0.4, 0.5) is 11.6 Å². The summed E-state index contributed by atoms with van der Waals surface area (Å²) >= 11 is 0. The predicted molar refractivity (Wildman–Crippen MR) is 84.2 cm³/mol. The molecule has 0 fully saturated rings. The number of aromatic nitrogens is 3. The van der Waals surface area contributed by atoms with Gasteiger partial charge in [0, 0.05) is 17.8 Å². The highest BCUT2D eigenvalue weighted by atomic mass is 16.6. The van der Waals surface area contributed by atoms with E-state index in [4.69, 9.17) is 4.74 Å². The Morgan fingerprint density at radius 2 is 2.12 bits per heavy atom. The maximum atomic E-state index is 12.4. The van der Waals surface area contributed by atoms with E-state index in [1.165, 1.54) is 18.5 Å². The molecule has 1 atom stereocenters. The maximum absolute atomic E-state index is 12.4. The molecule has 0 unspecified atom stereocenters. The first-order valence-corrected chi connectivity index (χ1v) is 7.31. The standard InChI is InChI=1S/C15H15N5O4/c1-3-24-14(21)12-9(2)18-15-16-8-17-19(15)13(12)10-4-6-11(7-5-10)20(22)23/h4-8,13H,3H2,1-2H3,(H,16,17,18)/t13-/m1/s1. The Labute approximate surface area is 137 Å². The van der Waals surface area contributed by atoms with Crippen LogP contribution in [0.25, 0.3) is 0 Å². The monoisotopic (exact) mass is 329 g/mol. The second-order valence-electron chi connectivity index (χ2n) is 5.16. The maximum Gasteiger partial charge on any atom is 0.338 e. The molecule has 24 heavy (non-hydrogen) atoms. The van der Waals surface area contributed by atoms with E-state index < -0.39 is 16.9 Å². The third-order valence-corrected chi connectivity index (χ3v) is 3.71. The molecule has 2 aromatic rings. The summed E-state index contributed by atoms with van der Waals surface area (Å²) in [7, 11) is 0. The number of rotatable bonds is 4. The van der Waals surface area contributed by atoms with Gasteiger partial charge in [-0.25, -0.2) is 9.48 Å².